The Balaban J connectivity index is 1.57. The minimum atomic E-state index is -3.45. The van der Waals surface area contributed by atoms with E-state index in [-0.39, 0.29) is 10.8 Å². The highest BCUT2D eigenvalue weighted by atomic mass is 32.2. The number of nitrogens with one attached hydrogen (secondary N) is 1. The van der Waals surface area contributed by atoms with Crippen molar-refractivity contribution in [3.05, 3.63) is 54.1 Å². The second-order valence-corrected chi connectivity index (χ2v) is 9.11. The number of rotatable bonds is 9. The third kappa shape index (κ3) is 5.58. The maximum atomic E-state index is 12.6. The molecule has 1 aliphatic heterocycles. The number of hydrogen-bond acceptors (Lipinski definition) is 4. The first-order chi connectivity index (χ1) is 14.0. The first kappa shape index (κ1) is 21.3. The quantitative estimate of drug-likeness (QED) is 0.619. The lowest BCUT2D eigenvalue weighted by Gasteiger charge is -2.15. The molecule has 0 atom stereocenters. The SMILES string of the molecule is CCCCCOc1ccc(C(=O)Nc2ccc(S(=O)(=O)N3CCCC3)cc2)cc1. The van der Waals surface area contributed by atoms with Crippen molar-refractivity contribution < 1.29 is 17.9 Å². The first-order valence-corrected chi connectivity index (χ1v) is 11.6. The Hall–Kier alpha value is -2.38. The summed E-state index contributed by atoms with van der Waals surface area (Å²) >= 11 is 0. The van der Waals surface area contributed by atoms with Gasteiger partial charge in [0, 0.05) is 24.3 Å². The fourth-order valence-corrected chi connectivity index (χ4v) is 4.75. The summed E-state index contributed by atoms with van der Waals surface area (Å²) in [6.45, 7) is 3.96. The highest BCUT2D eigenvalue weighted by Crippen LogP contribution is 2.22. The van der Waals surface area contributed by atoms with E-state index in [1.807, 2.05) is 0 Å². The normalized spacial score (nSPS) is 14.7. The zero-order valence-corrected chi connectivity index (χ0v) is 17.6. The Labute approximate surface area is 172 Å². The fourth-order valence-electron chi connectivity index (χ4n) is 3.24. The molecule has 2 aromatic rings. The summed E-state index contributed by atoms with van der Waals surface area (Å²) in [7, 11) is -3.45. The van der Waals surface area contributed by atoms with Crippen LogP contribution in [0.1, 0.15) is 49.4 Å². The van der Waals surface area contributed by atoms with Crippen molar-refractivity contribution in [2.45, 2.75) is 43.9 Å². The number of nitrogens with zero attached hydrogens (tertiary/aromatic N) is 1. The average molecular weight is 417 g/mol. The van der Waals surface area contributed by atoms with Crippen LogP contribution in [0.3, 0.4) is 0 Å². The number of unbranched alkanes of at least 4 members (excludes halogenated alkanes) is 2. The van der Waals surface area contributed by atoms with E-state index < -0.39 is 10.0 Å². The van der Waals surface area contributed by atoms with Gasteiger partial charge in [0.25, 0.3) is 5.91 Å². The molecule has 1 saturated heterocycles. The highest BCUT2D eigenvalue weighted by molar-refractivity contribution is 7.89. The predicted octanol–water partition coefficient (Wildman–Crippen LogP) is 4.29. The second kappa shape index (κ2) is 9.89. The van der Waals surface area contributed by atoms with E-state index in [4.69, 9.17) is 4.74 Å². The molecule has 1 heterocycles. The lowest BCUT2D eigenvalue weighted by Crippen LogP contribution is -2.27. The van der Waals surface area contributed by atoms with E-state index in [1.165, 1.54) is 16.4 Å². The van der Waals surface area contributed by atoms with Crippen LogP contribution in [-0.4, -0.2) is 38.3 Å². The molecule has 0 aromatic heterocycles. The molecule has 3 rings (SSSR count). The monoisotopic (exact) mass is 416 g/mol. The van der Waals surface area contributed by atoms with Crippen LogP contribution < -0.4 is 10.1 Å². The zero-order chi connectivity index (χ0) is 20.7. The smallest absolute Gasteiger partial charge is 0.255 e. The van der Waals surface area contributed by atoms with Gasteiger partial charge in [-0.25, -0.2) is 8.42 Å². The van der Waals surface area contributed by atoms with Gasteiger partial charge in [-0.1, -0.05) is 19.8 Å². The molecular weight excluding hydrogens is 388 g/mol. The number of sulfonamides is 1. The van der Waals surface area contributed by atoms with Crippen LogP contribution in [0.4, 0.5) is 5.69 Å². The van der Waals surface area contributed by atoms with Crippen LogP contribution in [0.5, 0.6) is 5.75 Å². The molecular formula is C22H28N2O4S. The molecule has 6 nitrogen and oxygen atoms in total. The topological polar surface area (TPSA) is 75.7 Å². The molecule has 1 fully saturated rings. The minimum Gasteiger partial charge on any atom is -0.494 e. The molecule has 0 bridgehead atoms. The number of anilines is 1. The van der Waals surface area contributed by atoms with Crippen LogP contribution in [0.25, 0.3) is 0 Å². The van der Waals surface area contributed by atoms with E-state index in [9.17, 15) is 13.2 Å². The van der Waals surface area contributed by atoms with Crippen LogP contribution in [0.15, 0.2) is 53.4 Å². The minimum absolute atomic E-state index is 0.252. The molecule has 1 N–H and O–H groups in total. The molecule has 156 valence electrons. The molecule has 1 aliphatic rings. The molecule has 0 saturated carbocycles. The predicted molar refractivity (Wildman–Crippen MR) is 114 cm³/mol. The molecule has 7 heteroatoms. The van der Waals surface area contributed by atoms with E-state index >= 15 is 0 Å². The van der Waals surface area contributed by atoms with Gasteiger partial charge in [-0.05, 0) is 67.8 Å². The molecule has 0 radical (unpaired) electrons. The summed E-state index contributed by atoms with van der Waals surface area (Å²) in [5.74, 6) is 0.492. The van der Waals surface area contributed by atoms with Crippen molar-refractivity contribution in [3.63, 3.8) is 0 Å². The Morgan fingerprint density at radius 1 is 1.00 bits per heavy atom. The Kier molecular flexibility index (Phi) is 7.28. The number of benzene rings is 2. The largest absolute Gasteiger partial charge is 0.494 e. The standard InChI is InChI=1S/C22H28N2O4S/c1-2-3-6-17-28-20-11-7-18(8-12-20)22(25)23-19-9-13-21(14-10-19)29(26,27)24-15-4-5-16-24/h7-14H,2-6,15-17H2,1H3,(H,23,25). The molecule has 2 aromatic carbocycles. The van der Waals surface area contributed by atoms with Crippen LogP contribution >= 0.6 is 0 Å². The molecule has 0 aliphatic carbocycles. The Bertz CT molecular complexity index is 903. The van der Waals surface area contributed by atoms with Gasteiger partial charge in [0.15, 0.2) is 0 Å². The second-order valence-electron chi connectivity index (χ2n) is 7.17. The van der Waals surface area contributed by atoms with Gasteiger partial charge < -0.3 is 10.1 Å². The third-order valence-electron chi connectivity index (χ3n) is 4.95. The summed E-state index contributed by atoms with van der Waals surface area (Å²) in [4.78, 5) is 12.7. The van der Waals surface area contributed by atoms with Gasteiger partial charge in [-0.15, -0.1) is 0 Å². The van der Waals surface area contributed by atoms with Crippen molar-refractivity contribution >= 4 is 21.6 Å². The van der Waals surface area contributed by atoms with Crippen molar-refractivity contribution in [1.29, 1.82) is 0 Å². The summed E-state index contributed by atoms with van der Waals surface area (Å²) in [5.41, 5.74) is 1.06. The summed E-state index contributed by atoms with van der Waals surface area (Å²) < 4.78 is 32.3. The third-order valence-corrected chi connectivity index (χ3v) is 6.86. The molecule has 0 unspecified atom stereocenters. The van der Waals surface area contributed by atoms with E-state index in [0.717, 1.165) is 37.9 Å². The summed E-state index contributed by atoms with van der Waals surface area (Å²) in [6.07, 6.45) is 5.10. The zero-order valence-electron chi connectivity index (χ0n) is 16.8. The fraction of sp³-hybridized carbons (Fsp3) is 0.409. The summed E-state index contributed by atoms with van der Waals surface area (Å²) in [6, 6.07) is 13.3. The lowest BCUT2D eigenvalue weighted by atomic mass is 10.2. The van der Waals surface area contributed by atoms with Crippen molar-refractivity contribution in [2.24, 2.45) is 0 Å². The van der Waals surface area contributed by atoms with Gasteiger partial charge in [0.05, 0.1) is 11.5 Å². The number of amides is 1. The van der Waals surface area contributed by atoms with E-state index in [2.05, 4.69) is 12.2 Å². The molecule has 0 spiro atoms. The Morgan fingerprint density at radius 3 is 2.28 bits per heavy atom. The van der Waals surface area contributed by atoms with Crippen molar-refractivity contribution in [2.75, 3.05) is 25.0 Å². The van der Waals surface area contributed by atoms with Crippen LogP contribution in [-0.2, 0) is 10.0 Å². The lowest BCUT2D eigenvalue weighted by molar-refractivity contribution is 0.102. The average Bonchev–Trinajstić information content (AvgIpc) is 3.28. The highest BCUT2D eigenvalue weighted by Gasteiger charge is 2.26. The number of ether oxygens (including phenoxy) is 1. The number of carbonyl (C=O) groups excluding carboxylic acids is 1. The maximum absolute atomic E-state index is 12.6. The first-order valence-electron chi connectivity index (χ1n) is 10.1. The number of carbonyl (C=O) groups is 1. The van der Waals surface area contributed by atoms with Crippen LogP contribution in [0.2, 0.25) is 0 Å². The Morgan fingerprint density at radius 2 is 1.66 bits per heavy atom. The van der Waals surface area contributed by atoms with Crippen molar-refractivity contribution in [1.82, 2.24) is 4.31 Å². The molecule has 1 amide bonds. The molecule has 29 heavy (non-hydrogen) atoms. The number of hydrogen-bond donors (Lipinski definition) is 1. The van der Waals surface area contributed by atoms with Gasteiger partial charge in [0.2, 0.25) is 10.0 Å². The van der Waals surface area contributed by atoms with Gasteiger partial charge in [-0.3, -0.25) is 4.79 Å². The van der Waals surface area contributed by atoms with Gasteiger partial charge >= 0.3 is 0 Å². The van der Waals surface area contributed by atoms with Gasteiger partial charge in [0.1, 0.15) is 5.75 Å². The van der Waals surface area contributed by atoms with Gasteiger partial charge in [-0.2, -0.15) is 4.31 Å². The van der Waals surface area contributed by atoms with Crippen molar-refractivity contribution in [3.8, 4) is 5.75 Å². The maximum Gasteiger partial charge on any atom is 0.255 e. The van der Waals surface area contributed by atoms with E-state index in [0.29, 0.717) is 30.9 Å². The van der Waals surface area contributed by atoms with Crippen LogP contribution in [0, 0.1) is 0 Å². The van der Waals surface area contributed by atoms with E-state index in [1.54, 1.807) is 36.4 Å². The summed E-state index contributed by atoms with van der Waals surface area (Å²) in [5, 5.41) is 2.80.